The minimum absolute atomic E-state index is 0.210. The number of carbonyl (C=O) groups is 1. The largest absolute Gasteiger partial charge is 0.496 e. The molecular formula is C22H19BrN2O4S2. The van der Waals surface area contributed by atoms with Crippen molar-refractivity contribution in [3.63, 3.8) is 0 Å². The smallest absolute Gasteiger partial charge is 0.338 e. The van der Waals surface area contributed by atoms with Gasteiger partial charge in [-0.05, 0) is 54.1 Å². The van der Waals surface area contributed by atoms with E-state index < -0.39 is 12.0 Å². The lowest BCUT2D eigenvalue weighted by Crippen LogP contribution is -2.40. The number of benzene rings is 1. The number of carbonyl (C=O) groups excluding carboxylic acids is 1. The van der Waals surface area contributed by atoms with Crippen molar-refractivity contribution in [2.45, 2.75) is 19.9 Å². The van der Waals surface area contributed by atoms with Crippen LogP contribution in [0.2, 0.25) is 0 Å². The van der Waals surface area contributed by atoms with Crippen LogP contribution in [0.15, 0.2) is 61.2 Å². The lowest BCUT2D eigenvalue weighted by Gasteiger charge is -2.25. The Hall–Kier alpha value is -2.49. The summed E-state index contributed by atoms with van der Waals surface area (Å²) in [5.41, 5.74) is 1.36. The predicted octanol–water partition coefficient (Wildman–Crippen LogP) is 3.63. The molecule has 0 N–H and O–H groups in total. The van der Waals surface area contributed by atoms with Crippen LogP contribution in [0.1, 0.15) is 30.3 Å². The molecule has 0 fully saturated rings. The zero-order valence-electron chi connectivity index (χ0n) is 17.0. The van der Waals surface area contributed by atoms with Crippen LogP contribution in [0, 0.1) is 0 Å². The zero-order chi connectivity index (χ0) is 22.1. The number of hydrogen-bond donors (Lipinski definition) is 0. The number of ether oxygens (including phenoxy) is 2. The molecule has 0 saturated heterocycles. The van der Waals surface area contributed by atoms with E-state index in [2.05, 4.69) is 20.9 Å². The van der Waals surface area contributed by atoms with Crippen molar-refractivity contribution < 1.29 is 14.3 Å². The Morgan fingerprint density at radius 3 is 2.71 bits per heavy atom. The van der Waals surface area contributed by atoms with Gasteiger partial charge < -0.3 is 9.47 Å². The number of aromatic nitrogens is 1. The number of esters is 1. The van der Waals surface area contributed by atoms with Gasteiger partial charge in [0.05, 0.1) is 33.3 Å². The molecule has 1 aromatic carbocycles. The third-order valence-corrected chi connectivity index (χ3v) is 7.37. The first-order valence-corrected chi connectivity index (χ1v) is 11.9. The fourth-order valence-corrected chi connectivity index (χ4v) is 5.99. The monoisotopic (exact) mass is 518 g/mol. The molecule has 31 heavy (non-hydrogen) atoms. The van der Waals surface area contributed by atoms with E-state index in [1.54, 1.807) is 25.5 Å². The van der Waals surface area contributed by atoms with Gasteiger partial charge in [-0.15, -0.1) is 11.3 Å². The number of para-hydroxylation sites is 1. The minimum atomic E-state index is -0.691. The van der Waals surface area contributed by atoms with Gasteiger partial charge in [0.2, 0.25) is 0 Å². The number of halogens is 1. The first-order chi connectivity index (χ1) is 14.9. The summed E-state index contributed by atoms with van der Waals surface area (Å²) in [5.74, 6) is 0.0943. The van der Waals surface area contributed by atoms with Crippen LogP contribution in [-0.2, 0) is 9.53 Å². The Morgan fingerprint density at radius 2 is 2.03 bits per heavy atom. The highest BCUT2D eigenvalue weighted by molar-refractivity contribution is 9.11. The maximum atomic E-state index is 13.5. The van der Waals surface area contributed by atoms with Crippen molar-refractivity contribution in [3.05, 3.63) is 81.6 Å². The number of nitrogens with zero attached hydrogens (tertiary/aromatic N) is 2. The Bertz CT molecular complexity index is 1370. The molecule has 1 aliphatic heterocycles. The number of rotatable bonds is 5. The molecule has 3 heterocycles. The first kappa shape index (κ1) is 21.7. The molecular weight excluding hydrogens is 500 g/mol. The van der Waals surface area contributed by atoms with E-state index in [4.69, 9.17) is 9.47 Å². The Kier molecular flexibility index (Phi) is 6.27. The zero-order valence-corrected chi connectivity index (χ0v) is 20.3. The van der Waals surface area contributed by atoms with E-state index in [9.17, 15) is 9.59 Å². The summed E-state index contributed by atoms with van der Waals surface area (Å²) in [7, 11) is 1.57. The van der Waals surface area contributed by atoms with Gasteiger partial charge in [-0.25, -0.2) is 9.79 Å². The Balaban J connectivity index is 2.00. The van der Waals surface area contributed by atoms with E-state index >= 15 is 0 Å². The van der Waals surface area contributed by atoms with Gasteiger partial charge in [-0.2, -0.15) is 0 Å². The van der Waals surface area contributed by atoms with Crippen LogP contribution >= 0.6 is 38.6 Å². The van der Waals surface area contributed by atoms with E-state index in [0.29, 0.717) is 31.9 Å². The number of thiophene rings is 1. The van der Waals surface area contributed by atoms with Crippen LogP contribution in [0.5, 0.6) is 5.75 Å². The van der Waals surface area contributed by atoms with Gasteiger partial charge in [0.25, 0.3) is 5.56 Å². The highest BCUT2D eigenvalue weighted by atomic mass is 79.9. The molecule has 0 spiro atoms. The summed E-state index contributed by atoms with van der Waals surface area (Å²) in [6.45, 7) is 3.74. The van der Waals surface area contributed by atoms with E-state index in [0.717, 1.165) is 8.66 Å². The SMILES string of the molecule is CCOC(=O)C1=C(C)N=c2s/c(=C/c3ccc(Br)s3)c(=O)n2C1c1ccccc1OC. The maximum absolute atomic E-state index is 13.5. The molecule has 0 saturated carbocycles. The predicted molar refractivity (Wildman–Crippen MR) is 125 cm³/mol. The molecule has 4 rings (SSSR count). The molecule has 1 unspecified atom stereocenters. The fraction of sp³-hybridized carbons (Fsp3) is 0.227. The minimum Gasteiger partial charge on any atom is -0.496 e. The van der Waals surface area contributed by atoms with Crippen molar-refractivity contribution in [2.75, 3.05) is 13.7 Å². The Labute approximate surface area is 194 Å². The molecule has 0 amide bonds. The van der Waals surface area contributed by atoms with E-state index in [-0.39, 0.29) is 12.2 Å². The van der Waals surface area contributed by atoms with Gasteiger partial charge in [-0.3, -0.25) is 9.36 Å². The van der Waals surface area contributed by atoms with Crippen molar-refractivity contribution in [1.29, 1.82) is 0 Å². The van der Waals surface area contributed by atoms with Crippen molar-refractivity contribution in [3.8, 4) is 5.75 Å². The second-order valence-electron chi connectivity index (χ2n) is 6.69. The van der Waals surface area contributed by atoms with Crippen LogP contribution in [-0.4, -0.2) is 24.3 Å². The summed E-state index contributed by atoms with van der Waals surface area (Å²) in [5, 5.41) is 0. The summed E-state index contributed by atoms with van der Waals surface area (Å²) < 4.78 is 14.0. The van der Waals surface area contributed by atoms with Gasteiger partial charge in [-0.1, -0.05) is 29.5 Å². The number of thiazole rings is 1. The molecule has 0 aliphatic carbocycles. The normalized spacial score (nSPS) is 16.1. The molecule has 1 atom stereocenters. The van der Waals surface area contributed by atoms with Gasteiger partial charge in [0.1, 0.15) is 11.8 Å². The Morgan fingerprint density at radius 1 is 1.26 bits per heavy atom. The highest BCUT2D eigenvalue weighted by Gasteiger charge is 2.34. The van der Waals surface area contributed by atoms with Gasteiger partial charge in [0, 0.05) is 10.4 Å². The quantitative estimate of drug-likeness (QED) is 0.483. The lowest BCUT2D eigenvalue weighted by molar-refractivity contribution is -0.139. The van der Waals surface area contributed by atoms with Crippen LogP contribution in [0.4, 0.5) is 0 Å². The van der Waals surface area contributed by atoms with Gasteiger partial charge >= 0.3 is 5.97 Å². The molecule has 3 aromatic rings. The van der Waals surface area contributed by atoms with Crippen molar-refractivity contribution >= 4 is 50.6 Å². The van der Waals surface area contributed by atoms with Crippen molar-refractivity contribution in [2.24, 2.45) is 4.99 Å². The van der Waals surface area contributed by atoms with Crippen LogP contribution in [0.3, 0.4) is 0 Å². The third kappa shape index (κ3) is 4.05. The number of fused-ring (bicyclic) bond motifs is 1. The molecule has 1 aliphatic rings. The number of allylic oxidation sites excluding steroid dienone is 1. The summed E-state index contributed by atoms with van der Waals surface area (Å²) in [6.07, 6.45) is 1.85. The number of methoxy groups -OCH3 is 1. The highest BCUT2D eigenvalue weighted by Crippen LogP contribution is 2.35. The molecule has 160 valence electrons. The first-order valence-electron chi connectivity index (χ1n) is 9.52. The summed E-state index contributed by atoms with van der Waals surface area (Å²) >= 11 is 6.29. The topological polar surface area (TPSA) is 69.9 Å². The molecule has 0 bridgehead atoms. The number of hydrogen-bond acceptors (Lipinski definition) is 7. The molecule has 6 nitrogen and oxygen atoms in total. The lowest BCUT2D eigenvalue weighted by atomic mass is 9.95. The van der Waals surface area contributed by atoms with E-state index in [1.165, 1.54) is 22.7 Å². The second-order valence-corrected chi connectivity index (χ2v) is 10.2. The molecule has 0 radical (unpaired) electrons. The molecule has 9 heteroatoms. The summed E-state index contributed by atoms with van der Waals surface area (Å²) in [4.78, 5) is 32.5. The maximum Gasteiger partial charge on any atom is 0.338 e. The van der Waals surface area contributed by atoms with Crippen LogP contribution in [0.25, 0.3) is 6.08 Å². The third-order valence-electron chi connectivity index (χ3n) is 4.82. The van der Waals surface area contributed by atoms with Crippen molar-refractivity contribution in [1.82, 2.24) is 4.57 Å². The standard InChI is InChI=1S/C22H19BrN2O4S2/c1-4-29-21(27)18-12(2)24-22-25(19(18)14-7-5-6-8-15(14)28-3)20(26)16(31-22)11-13-9-10-17(23)30-13/h5-11,19H,4H2,1-3H3/b16-11+. The molecule has 2 aromatic heterocycles. The average molecular weight is 519 g/mol. The van der Waals surface area contributed by atoms with E-state index in [1.807, 2.05) is 42.5 Å². The summed E-state index contributed by atoms with van der Waals surface area (Å²) in [6, 6.07) is 10.6. The fourth-order valence-electron chi connectivity index (χ4n) is 3.51. The second kappa shape index (κ2) is 8.94. The average Bonchev–Trinajstić information content (AvgIpc) is 3.29. The van der Waals surface area contributed by atoms with Gasteiger partial charge in [0.15, 0.2) is 4.80 Å². The van der Waals surface area contributed by atoms with Crippen LogP contribution < -0.4 is 19.6 Å².